The third-order valence-electron chi connectivity index (χ3n) is 3.33. The zero-order valence-electron chi connectivity index (χ0n) is 10.1. The van der Waals surface area contributed by atoms with Gasteiger partial charge in [0.05, 0.1) is 12.5 Å². The van der Waals surface area contributed by atoms with Crippen LogP contribution in [0.25, 0.3) is 0 Å². The van der Waals surface area contributed by atoms with E-state index in [2.05, 4.69) is 5.32 Å². The average molecular weight is 217 g/mol. The van der Waals surface area contributed by atoms with Gasteiger partial charge in [-0.05, 0) is 19.8 Å². The summed E-state index contributed by atoms with van der Waals surface area (Å²) in [5.74, 6) is -1.26. The monoisotopic (exact) mass is 217 g/mol. The molecule has 2 atom stereocenters. The van der Waals surface area contributed by atoms with Crippen molar-refractivity contribution in [3.63, 3.8) is 0 Å². The largest absolute Gasteiger partial charge is 0.481 e. The molecule has 0 radical (unpaired) electrons. The van der Waals surface area contributed by atoms with Crippen LogP contribution in [0.1, 0.15) is 40.5 Å². The molecule has 4 nitrogen and oxygen atoms in total. The van der Waals surface area contributed by atoms with Crippen molar-refractivity contribution in [3.8, 4) is 0 Å². The minimum Gasteiger partial charge on any atom is -0.481 e. The van der Waals surface area contributed by atoms with E-state index >= 15 is 0 Å². The predicted octanol–water partition coefficient (Wildman–Crippen LogP) is 1.24. The molecule has 0 aliphatic heterocycles. The van der Waals surface area contributed by atoms with Gasteiger partial charge in [-0.1, -0.05) is 20.8 Å². The van der Waals surface area contributed by atoms with Gasteiger partial charge in [0.2, 0.25) is 0 Å². The highest BCUT2D eigenvalue weighted by molar-refractivity contribution is 5.70. The Kier molecular flexibility index (Phi) is 5.83. The van der Waals surface area contributed by atoms with Gasteiger partial charge in [0.25, 0.3) is 0 Å². The quantitative estimate of drug-likeness (QED) is 0.600. The molecule has 90 valence electrons. The van der Waals surface area contributed by atoms with E-state index in [4.69, 9.17) is 5.11 Å². The summed E-state index contributed by atoms with van der Waals surface area (Å²) in [4.78, 5) is 10.8. The zero-order chi connectivity index (χ0) is 12.1. The molecule has 4 heteroatoms. The maximum absolute atomic E-state index is 10.8. The lowest BCUT2D eigenvalue weighted by Crippen LogP contribution is -2.54. The number of rotatable bonds is 7. The van der Waals surface area contributed by atoms with Crippen LogP contribution in [-0.2, 0) is 4.79 Å². The highest BCUT2D eigenvalue weighted by atomic mass is 16.4. The summed E-state index contributed by atoms with van der Waals surface area (Å²) in [6, 6.07) is -0.144. The van der Waals surface area contributed by atoms with Crippen LogP contribution in [0.15, 0.2) is 0 Å². The Bertz CT molecular complexity index is 194. The van der Waals surface area contributed by atoms with Gasteiger partial charge in [0, 0.05) is 11.6 Å². The molecule has 0 rings (SSSR count). The first-order valence-corrected chi connectivity index (χ1v) is 5.53. The van der Waals surface area contributed by atoms with Gasteiger partial charge in [-0.25, -0.2) is 0 Å². The SMILES string of the molecule is CCC(CC)(CO)NC(C)C(C)C(=O)O. The minimum atomic E-state index is -0.811. The molecule has 15 heavy (non-hydrogen) atoms. The molecule has 0 fully saturated rings. The number of carboxylic acid groups (broad SMARTS) is 1. The molecule has 0 aromatic carbocycles. The molecular formula is C11H23NO3. The Morgan fingerprint density at radius 3 is 2.07 bits per heavy atom. The van der Waals surface area contributed by atoms with E-state index in [1.54, 1.807) is 6.92 Å². The van der Waals surface area contributed by atoms with Crippen molar-refractivity contribution in [2.45, 2.75) is 52.1 Å². The lowest BCUT2D eigenvalue weighted by Gasteiger charge is -2.35. The Balaban J connectivity index is 4.47. The van der Waals surface area contributed by atoms with Crippen molar-refractivity contribution in [2.75, 3.05) is 6.61 Å². The highest BCUT2D eigenvalue weighted by Crippen LogP contribution is 2.17. The number of nitrogens with one attached hydrogen (secondary N) is 1. The molecule has 0 aromatic heterocycles. The topological polar surface area (TPSA) is 69.6 Å². The Labute approximate surface area is 91.7 Å². The Hall–Kier alpha value is -0.610. The van der Waals surface area contributed by atoms with Crippen LogP contribution < -0.4 is 5.32 Å². The van der Waals surface area contributed by atoms with Gasteiger partial charge in [0.15, 0.2) is 0 Å². The number of hydrogen-bond acceptors (Lipinski definition) is 3. The third-order valence-corrected chi connectivity index (χ3v) is 3.33. The second kappa shape index (κ2) is 6.08. The summed E-state index contributed by atoms with van der Waals surface area (Å²) in [5, 5.41) is 21.4. The number of carbonyl (C=O) groups is 1. The van der Waals surface area contributed by atoms with Gasteiger partial charge in [-0.3, -0.25) is 4.79 Å². The van der Waals surface area contributed by atoms with Crippen LogP contribution in [0.5, 0.6) is 0 Å². The number of aliphatic hydroxyl groups is 1. The molecule has 0 aliphatic rings. The Morgan fingerprint density at radius 1 is 1.33 bits per heavy atom. The number of aliphatic carboxylic acids is 1. The number of carboxylic acids is 1. The molecule has 2 unspecified atom stereocenters. The van der Waals surface area contributed by atoms with E-state index in [0.29, 0.717) is 0 Å². The van der Waals surface area contributed by atoms with Crippen LogP contribution in [0.2, 0.25) is 0 Å². The third kappa shape index (κ3) is 3.80. The van der Waals surface area contributed by atoms with E-state index in [9.17, 15) is 9.90 Å². The molecular weight excluding hydrogens is 194 g/mol. The standard InChI is InChI=1S/C11H23NO3/c1-5-11(6-2,7-13)12-9(4)8(3)10(14)15/h8-9,12-13H,5-7H2,1-4H3,(H,14,15). The fraction of sp³-hybridized carbons (Fsp3) is 0.909. The molecule has 0 amide bonds. The minimum absolute atomic E-state index is 0.0384. The molecule has 0 aliphatic carbocycles. The second-order valence-corrected chi connectivity index (χ2v) is 4.21. The van der Waals surface area contributed by atoms with Crippen molar-refractivity contribution >= 4 is 5.97 Å². The van der Waals surface area contributed by atoms with Gasteiger partial charge in [0.1, 0.15) is 0 Å². The summed E-state index contributed by atoms with van der Waals surface area (Å²) in [6.45, 7) is 7.54. The fourth-order valence-corrected chi connectivity index (χ4v) is 1.55. The summed E-state index contributed by atoms with van der Waals surface area (Å²) in [6.07, 6.45) is 1.58. The second-order valence-electron chi connectivity index (χ2n) is 4.21. The van der Waals surface area contributed by atoms with Crippen molar-refractivity contribution < 1.29 is 15.0 Å². The van der Waals surface area contributed by atoms with Crippen LogP contribution in [0.3, 0.4) is 0 Å². The molecule has 0 heterocycles. The fourth-order valence-electron chi connectivity index (χ4n) is 1.55. The maximum Gasteiger partial charge on any atom is 0.307 e. The summed E-state index contributed by atoms with van der Waals surface area (Å²) >= 11 is 0. The molecule has 3 N–H and O–H groups in total. The van der Waals surface area contributed by atoms with Gasteiger partial charge in [-0.2, -0.15) is 0 Å². The van der Waals surface area contributed by atoms with Crippen molar-refractivity contribution in [3.05, 3.63) is 0 Å². The lowest BCUT2D eigenvalue weighted by molar-refractivity contribution is -0.142. The van der Waals surface area contributed by atoms with Crippen molar-refractivity contribution in [1.29, 1.82) is 0 Å². The van der Waals surface area contributed by atoms with Gasteiger partial charge < -0.3 is 15.5 Å². The van der Waals surface area contributed by atoms with Crippen LogP contribution >= 0.6 is 0 Å². The molecule has 0 saturated heterocycles. The smallest absolute Gasteiger partial charge is 0.307 e. The molecule has 0 spiro atoms. The van der Waals surface area contributed by atoms with Gasteiger partial charge >= 0.3 is 5.97 Å². The summed E-state index contributed by atoms with van der Waals surface area (Å²) in [5.41, 5.74) is -0.344. The molecule has 0 bridgehead atoms. The van der Waals surface area contributed by atoms with Crippen LogP contribution in [-0.4, -0.2) is 34.4 Å². The highest BCUT2D eigenvalue weighted by Gasteiger charge is 2.30. The number of aliphatic hydroxyl groups excluding tert-OH is 1. The van der Waals surface area contributed by atoms with Gasteiger partial charge in [-0.15, -0.1) is 0 Å². The van der Waals surface area contributed by atoms with E-state index in [1.807, 2.05) is 20.8 Å². The van der Waals surface area contributed by atoms with Crippen molar-refractivity contribution in [1.82, 2.24) is 5.32 Å². The number of hydrogen-bond donors (Lipinski definition) is 3. The van der Waals surface area contributed by atoms with Crippen LogP contribution in [0.4, 0.5) is 0 Å². The zero-order valence-corrected chi connectivity index (χ0v) is 10.1. The first-order valence-electron chi connectivity index (χ1n) is 5.53. The van der Waals surface area contributed by atoms with E-state index < -0.39 is 11.9 Å². The maximum atomic E-state index is 10.8. The van der Waals surface area contributed by atoms with E-state index in [0.717, 1.165) is 12.8 Å². The molecule has 0 saturated carbocycles. The van der Waals surface area contributed by atoms with E-state index in [1.165, 1.54) is 0 Å². The predicted molar refractivity (Wildman–Crippen MR) is 59.8 cm³/mol. The normalized spacial score (nSPS) is 16.1. The lowest BCUT2D eigenvalue weighted by atomic mass is 9.90. The first kappa shape index (κ1) is 14.4. The Morgan fingerprint density at radius 2 is 1.80 bits per heavy atom. The van der Waals surface area contributed by atoms with Crippen LogP contribution in [0, 0.1) is 5.92 Å². The molecule has 0 aromatic rings. The average Bonchev–Trinajstić information content (AvgIpc) is 2.24. The van der Waals surface area contributed by atoms with Crippen molar-refractivity contribution in [2.24, 2.45) is 5.92 Å². The summed E-state index contributed by atoms with van der Waals surface area (Å²) < 4.78 is 0. The summed E-state index contributed by atoms with van der Waals surface area (Å²) in [7, 11) is 0. The van der Waals surface area contributed by atoms with E-state index in [-0.39, 0.29) is 18.2 Å². The first-order chi connectivity index (χ1) is 6.92.